The lowest BCUT2D eigenvalue weighted by Crippen LogP contribution is -2.57. The average molecular weight is 567 g/mol. The fourth-order valence-corrected chi connectivity index (χ4v) is 5.81. The molecular weight excluding hydrogens is 520 g/mol. The highest BCUT2D eigenvalue weighted by molar-refractivity contribution is 5.95. The molecule has 0 aromatic carbocycles. The van der Waals surface area contributed by atoms with Crippen molar-refractivity contribution in [2.24, 2.45) is 29.4 Å². The summed E-state index contributed by atoms with van der Waals surface area (Å²) in [5, 5.41) is 26.7. The van der Waals surface area contributed by atoms with Crippen molar-refractivity contribution in [2.45, 2.75) is 115 Å². The van der Waals surface area contributed by atoms with Crippen LogP contribution in [0.2, 0.25) is 0 Å². The van der Waals surface area contributed by atoms with Gasteiger partial charge in [0.15, 0.2) is 0 Å². The Morgan fingerprint density at radius 1 is 0.750 bits per heavy atom. The summed E-state index contributed by atoms with van der Waals surface area (Å²) >= 11 is 0. The smallest absolute Gasteiger partial charge is 0.307 e. The summed E-state index contributed by atoms with van der Waals surface area (Å²) in [6.45, 7) is 3.71. The third kappa shape index (κ3) is 10.8. The molecule has 4 amide bonds. The van der Waals surface area contributed by atoms with E-state index < -0.39 is 71.9 Å². The number of carboxylic acid groups (broad SMARTS) is 2. The first-order valence-corrected chi connectivity index (χ1v) is 14.5. The van der Waals surface area contributed by atoms with Crippen LogP contribution in [-0.2, 0) is 28.8 Å². The molecule has 226 valence electrons. The van der Waals surface area contributed by atoms with Crippen LogP contribution in [0.15, 0.2) is 0 Å². The quantitative estimate of drug-likeness (QED) is 0.172. The number of amides is 4. The molecule has 12 heteroatoms. The van der Waals surface area contributed by atoms with Gasteiger partial charge in [0.25, 0.3) is 0 Å². The lowest BCUT2D eigenvalue weighted by Gasteiger charge is -2.32. The second-order valence-electron chi connectivity index (χ2n) is 11.7. The molecule has 0 saturated heterocycles. The maximum absolute atomic E-state index is 13.5. The minimum atomic E-state index is -1.27. The highest BCUT2D eigenvalue weighted by Crippen LogP contribution is 2.31. The number of primary amides is 1. The van der Waals surface area contributed by atoms with Crippen LogP contribution in [0.4, 0.5) is 0 Å². The molecule has 40 heavy (non-hydrogen) atoms. The van der Waals surface area contributed by atoms with E-state index in [0.717, 1.165) is 44.9 Å². The van der Waals surface area contributed by atoms with E-state index in [9.17, 15) is 39.0 Å². The number of hydrogen-bond donors (Lipinski definition) is 6. The van der Waals surface area contributed by atoms with Gasteiger partial charge >= 0.3 is 11.9 Å². The molecule has 2 aliphatic carbocycles. The van der Waals surface area contributed by atoms with Crippen LogP contribution in [0.25, 0.3) is 0 Å². The van der Waals surface area contributed by atoms with Crippen LogP contribution < -0.4 is 21.7 Å². The van der Waals surface area contributed by atoms with Gasteiger partial charge in [-0.3, -0.25) is 28.8 Å². The first kappa shape index (κ1) is 33.0. The average Bonchev–Trinajstić information content (AvgIpc) is 2.90. The highest BCUT2D eigenvalue weighted by atomic mass is 16.4. The molecule has 5 atom stereocenters. The molecule has 12 nitrogen and oxygen atoms in total. The maximum Gasteiger partial charge on any atom is 0.307 e. The fourth-order valence-electron chi connectivity index (χ4n) is 5.81. The summed E-state index contributed by atoms with van der Waals surface area (Å²) in [7, 11) is 0. The molecule has 0 radical (unpaired) electrons. The molecule has 7 N–H and O–H groups in total. The summed E-state index contributed by atoms with van der Waals surface area (Å²) in [4.78, 5) is 74.9. The second-order valence-corrected chi connectivity index (χ2v) is 11.7. The van der Waals surface area contributed by atoms with Gasteiger partial charge in [0.1, 0.15) is 18.1 Å². The van der Waals surface area contributed by atoms with Crippen LogP contribution in [0.1, 0.15) is 97.3 Å². The van der Waals surface area contributed by atoms with Gasteiger partial charge < -0.3 is 31.9 Å². The Labute approximate surface area is 235 Å². The zero-order valence-corrected chi connectivity index (χ0v) is 23.7. The fraction of sp³-hybridized carbons (Fsp3) is 0.786. The molecule has 2 aliphatic rings. The number of rotatable bonds is 15. The summed E-state index contributed by atoms with van der Waals surface area (Å²) in [5.41, 5.74) is 5.44. The van der Waals surface area contributed by atoms with Gasteiger partial charge in [-0.25, -0.2) is 0 Å². The monoisotopic (exact) mass is 566 g/mol. The van der Waals surface area contributed by atoms with Crippen molar-refractivity contribution >= 4 is 35.6 Å². The van der Waals surface area contributed by atoms with E-state index >= 15 is 0 Å². The Balaban J connectivity index is 2.23. The Hall–Kier alpha value is -3.18. The van der Waals surface area contributed by atoms with Crippen LogP contribution >= 0.6 is 0 Å². The van der Waals surface area contributed by atoms with Crippen molar-refractivity contribution in [2.75, 3.05) is 0 Å². The Morgan fingerprint density at radius 2 is 1.30 bits per heavy atom. The van der Waals surface area contributed by atoms with Gasteiger partial charge in [-0.1, -0.05) is 58.8 Å². The van der Waals surface area contributed by atoms with Crippen LogP contribution in [0.3, 0.4) is 0 Å². The molecule has 0 aromatic heterocycles. The van der Waals surface area contributed by atoms with Crippen molar-refractivity contribution in [1.82, 2.24) is 16.0 Å². The lowest BCUT2D eigenvalue weighted by molar-refractivity contribution is -0.149. The summed E-state index contributed by atoms with van der Waals surface area (Å²) in [6.07, 6.45) is 7.08. The van der Waals surface area contributed by atoms with E-state index in [2.05, 4.69) is 16.0 Å². The lowest BCUT2D eigenvalue weighted by atomic mass is 9.78. The number of aliphatic carboxylic acids is 2. The van der Waals surface area contributed by atoms with Gasteiger partial charge in [0.05, 0.1) is 11.8 Å². The zero-order chi connectivity index (χ0) is 29.8. The molecule has 2 saturated carbocycles. The molecule has 2 fully saturated rings. The molecule has 2 rings (SSSR count). The van der Waals surface area contributed by atoms with Crippen molar-refractivity contribution < 1.29 is 39.0 Å². The van der Waals surface area contributed by atoms with E-state index in [1.807, 2.05) is 13.8 Å². The van der Waals surface area contributed by atoms with Gasteiger partial charge in [-0.2, -0.15) is 0 Å². The number of carboxylic acids is 2. The summed E-state index contributed by atoms with van der Waals surface area (Å²) < 4.78 is 0. The van der Waals surface area contributed by atoms with Gasteiger partial charge in [-0.05, 0) is 43.9 Å². The maximum atomic E-state index is 13.5. The van der Waals surface area contributed by atoms with Crippen molar-refractivity contribution in [3.63, 3.8) is 0 Å². The third-order valence-electron chi connectivity index (χ3n) is 7.99. The van der Waals surface area contributed by atoms with E-state index in [-0.39, 0.29) is 24.7 Å². The molecule has 0 aliphatic heterocycles. The molecular formula is C28H46N4O8. The number of carbonyl (C=O) groups excluding carboxylic acids is 4. The molecule has 0 aromatic rings. The molecule has 0 spiro atoms. The first-order valence-electron chi connectivity index (χ1n) is 14.5. The van der Waals surface area contributed by atoms with Gasteiger partial charge in [0, 0.05) is 6.42 Å². The Morgan fingerprint density at radius 3 is 1.85 bits per heavy atom. The van der Waals surface area contributed by atoms with Crippen LogP contribution in [0.5, 0.6) is 0 Å². The largest absolute Gasteiger partial charge is 0.481 e. The van der Waals surface area contributed by atoms with Crippen molar-refractivity contribution in [1.29, 1.82) is 0 Å². The predicted octanol–water partition coefficient (Wildman–Crippen LogP) is 1.70. The van der Waals surface area contributed by atoms with Crippen LogP contribution in [0, 0.1) is 23.7 Å². The standard InChI is InChI=1S/C28H46N4O8/c1-16(2)14-21(24(29)35)31-26(37)20(12-13-23(33)34)30-27(38)22(15-17-8-4-3-5-9-17)32-25(36)18-10-6-7-11-19(18)28(39)40/h16-22H,3-15H2,1-2H3,(H2,29,35)(H,30,38)(H,31,37)(H,32,36)(H,33,34)(H,39,40)/t18-,19-,20+,21+,22+/m1/s1. The van der Waals surface area contributed by atoms with Crippen molar-refractivity contribution in [3.05, 3.63) is 0 Å². The van der Waals surface area contributed by atoms with Crippen LogP contribution in [-0.4, -0.2) is 63.9 Å². The van der Waals surface area contributed by atoms with Crippen molar-refractivity contribution in [3.8, 4) is 0 Å². The van der Waals surface area contributed by atoms with E-state index in [0.29, 0.717) is 19.3 Å². The minimum Gasteiger partial charge on any atom is -0.481 e. The molecule has 0 unspecified atom stereocenters. The summed E-state index contributed by atoms with van der Waals surface area (Å²) in [6, 6.07) is -3.28. The SMILES string of the molecule is CC(C)C[C@H](NC(=O)[C@H](CCC(=O)O)NC(=O)[C@H](CC1CCCCC1)NC(=O)[C@@H]1CCCC[C@H]1C(=O)O)C(N)=O. The van der Waals surface area contributed by atoms with E-state index in [4.69, 9.17) is 5.73 Å². The van der Waals surface area contributed by atoms with E-state index in [1.165, 1.54) is 0 Å². The Kier molecular flexibility index (Phi) is 13.4. The molecule has 0 bridgehead atoms. The van der Waals surface area contributed by atoms with Gasteiger partial charge in [-0.15, -0.1) is 0 Å². The summed E-state index contributed by atoms with van der Waals surface area (Å²) in [5.74, 6) is -6.20. The first-order chi connectivity index (χ1) is 18.9. The minimum absolute atomic E-state index is 0.0364. The number of nitrogens with one attached hydrogen (secondary N) is 3. The Bertz CT molecular complexity index is 918. The predicted molar refractivity (Wildman–Crippen MR) is 146 cm³/mol. The van der Waals surface area contributed by atoms with E-state index in [1.54, 1.807) is 0 Å². The normalized spacial score (nSPS) is 22.0. The number of carbonyl (C=O) groups is 6. The zero-order valence-electron chi connectivity index (χ0n) is 23.7. The topological polar surface area (TPSA) is 205 Å². The highest BCUT2D eigenvalue weighted by Gasteiger charge is 2.38. The van der Waals surface area contributed by atoms with Gasteiger partial charge in [0.2, 0.25) is 23.6 Å². The molecule has 0 heterocycles. The number of hydrogen-bond acceptors (Lipinski definition) is 6. The number of nitrogens with two attached hydrogens (primary N) is 1. The third-order valence-corrected chi connectivity index (χ3v) is 7.99. The second kappa shape index (κ2) is 16.2.